The summed E-state index contributed by atoms with van der Waals surface area (Å²) >= 11 is 0. The van der Waals surface area contributed by atoms with E-state index in [9.17, 15) is 14.4 Å². The number of amides is 2. The zero-order chi connectivity index (χ0) is 18.2. The summed E-state index contributed by atoms with van der Waals surface area (Å²) in [4.78, 5) is 34.2. The number of aliphatic carboxylic acids is 1. The van der Waals surface area contributed by atoms with Crippen LogP contribution in [0.2, 0.25) is 0 Å². The fourth-order valence-electron chi connectivity index (χ4n) is 2.18. The maximum absolute atomic E-state index is 12.3. The second-order valence-electron chi connectivity index (χ2n) is 5.20. The zero-order valence-corrected chi connectivity index (χ0v) is 13.7. The molecule has 0 saturated carbocycles. The number of carbonyl (C=O) groups is 3. The van der Waals surface area contributed by atoms with E-state index in [1.165, 1.54) is 0 Å². The van der Waals surface area contributed by atoms with Gasteiger partial charge in [-0.05, 0) is 42.3 Å². The van der Waals surface area contributed by atoms with Gasteiger partial charge in [0, 0.05) is 29.1 Å². The van der Waals surface area contributed by atoms with E-state index in [0.29, 0.717) is 11.3 Å². The van der Waals surface area contributed by atoms with E-state index in [0.717, 1.165) is 29.8 Å². The number of benzene rings is 2. The molecule has 0 aliphatic carbocycles. The van der Waals surface area contributed by atoms with E-state index >= 15 is 0 Å². The molecule has 0 spiro atoms. The maximum Gasteiger partial charge on any atom is 0.328 e. The number of para-hydroxylation sites is 1. The van der Waals surface area contributed by atoms with Crippen LogP contribution in [0.3, 0.4) is 0 Å². The van der Waals surface area contributed by atoms with Gasteiger partial charge >= 0.3 is 5.97 Å². The lowest BCUT2D eigenvalue weighted by molar-refractivity contribution is -0.131. The van der Waals surface area contributed by atoms with E-state index in [2.05, 4.69) is 10.6 Å². The van der Waals surface area contributed by atoms with Crippen molar-refractivity contribution < 1.29 is 19.5 Å². The smallest absolute Gasteiger partial charge is 0.328 e. The van der Waals surface area contributed by atoms with Gasteiger partial charge in [-0.3, -0.25) is 9.59 Å². The summed E-state index contributed by atoms with van der Waals surface area (Å²) in [5.41, 5.74) is 2.73. The average Bonchev–Trinajstić information content (AvgIpc) is 2.61. The van der Waals surface area contributed by atoms with Crippen molar-refractivity contribution in [2.45, 2.75) is 13.3 Å². The highest BCUT2D eigenvalue weighted by Gasteiger charge is 2.08. The molecular formula is C19H18N2O4. The first-order valence-electron chi connectivity index (χ1n) is 7.71. The van der Waals surface area contributed by atoms with E-state index < -0.39 is 11.9 Å². The Kier molecular flexibility index (Phi) is 6.06. The normalized spacial score (nSPS) is 10.4. The third-order valence-electron chi connectivity index (χ3n) is 3.44. The van der Waals surface area contributed by atoms with Crippen molar-refractivity contribution in [2.24, 2.45) is 0 Å². The van der Waals surface area contributed by atoms with Crippen molar-refractivity contribution in [2.75, 3.05) is 10.6 Å². The molecule has 0 atom stereocenters. The number of rotatable bonds is 6. The summed E-state index contributed by atoms with van der Waals surface area (Å²) in [5, 5.41) is 13.9. The molecule has 0 unspecified atom stereocenters. The van der Waals surface area contributed by atoms with Gasteiger partial charge in [-0.25, -0.2) is 4.79 Å². The van der Waals surface area contributed by atoms with Gasteiger partial charge in [-0.1, -0.05) is 25.1 Å². The minimum Gasteiger partial charge on any atom is -0.478 e. The Labute approximate surface area is 145 Å². The van der Waals surface area contributed by atoms with Crippen LogP contribution in [0.25, 0.3) is 0 Å². The number of carboxylic acids is 1. The number of carbonyl (C=O) groups excluding carboxylic acids is 2. The van der Waals surface area contributed by atoms with Crippen molar-refractivity contribution in [1.82, 2.24) is 0 Å². The van der Waals surface area contributed by atoms with Gasteiger partial charge in [-0.15, -0.1) is 0 Å². The highest BCUT2D eigenvalue weighted by atomic mass is 16.4. The summed E-state index contributed by atoms with van der Waals surface area (Å²) in [6.07, 6.45) is 2.48. The summed E-state index contributed by atoms with van der Waals surface area (Å²) in [5.74, 6) is -2.00. The molecule has 128 valence electrons. The number of nitrogens with one attached hydrogen (secondary N) is 2. The third-order valence-corrected chi connectivity index (χ3v) is 3.44. The molecule has 0 aliphatic rings. The molecule has 2 amide bonds. The summed E-state index contributed by atoms with van der Waals surface area (Å²) in [6.45, 7) is 2.02. The summed E-state index contributed by atoms with van der Waals surface area (Å²) < 4.78 is 0. The van der Waals surface area contributed by atoms with E-state index in [1.54, 1.807) is 24.3 Å². The number of hydrogen-bond acceptors (Lipinski definition) is 3. The monoisotopic (exact) mass is 338 g/mol. The van der Waals surface area contributed by atoms with Crippen LogP contribution in [-0.2, 0) is 16.0 Å². The van der Waals surface area contributed by atoms with Crippen molar-refractivity contribution in [1.29, 1.82) is 0 Å². The Balaban J connectivity index is 2.03. The quantitative estimate of drug-likeness (QED) is 0.705. The minimum atomic E-state index is -1.20. The topological polar surface area (TPSA) is 95.5 Å². The zero-order valence-electron chi connectivity index (χ0n) is 13.7. The number of aryl methyl sites for hydroxylation is 1. The second kappa shape index (κ2) is 8.44. The average molecular weight is 338 g/mol. The van der Waals surface area contributed by atoms with Crippen LogP contribution in [0.1, 0.15) is 22.8 Å². The first kappa shape index (κ1) is 17.9. The Morgan fingerprint density at radius 2 is 1.64 bits per heavy atom. The van der Waals surface area contributed by atoms with Crippen LogP contribution in [0.4, 0.5) is 11.4 Å². The van der Waals surface area contributed by atoms with Crippen LogP contribution >= 0.6 is 0 Å². The maximum atomic E-state index is 12.3. The molecule has 2 aromatic rings. The molecule has 0 aromatic heterocycles. The van der Waals surface area contributed by atoms with Crippen LogP contribution in [0, 0.1) is 0 Å². The lowest BCUT2D eigenvalue weighted by Gasteiger charge is -2.10. The van der Waals surface area contributed by atoms with Gasteiger partial charge in [0.05, 0.1) is 0 Å². The number of carboxylic acid groups (broad SMARTS) is 1. The molecule has 0 radical (unpaired) electrons. The van der Waals surface area contributed by atoms with Crippen molar-refractivity contribution >= 4 is 29.2 Å². The van der Waals surface area contributed by atoms with Crippen molar-refractivity contribution in [3.8, 4) is 0 Å². The minimum absolute atomic E-state index is 0.246. The molecule has 0 bridgehead atoms. The fourth-order valence-corrected chi connectivity index (χ4v) is 2.18. The predicted molar refractivity (Wildman–Crippen MR) is 95.6 cm³/mol. The summed E-state index contributed by atoms with van der Waals surface area (Å²) in [7, 11) is 0. The Bertz CT molecular complexity index is 810. The lowest BCUT2D eigenvalue weighted by Crippen LogP contribution is -2.13. The Morgan fingerprint density at radius 3 is 2.28 bits per heavy atom. The Hall–Kier alpha value is -3.41. The molecular weight excluding hydrogens is 320 g/mol. The van der Waals surface area contributed by atoms with Crippen LogP contribution in [-0.4, -0.2) is 22.9 Å². The second-order valence-corrected chi connectivity index (χ2v) is 5.20. The van der Waals surface area contributed by atoms with E-state index in [1.807, 2.05) is 31.2 Å². The van der Waals surface area contributed by atoms with Gasteiger partial charge in [0.15, 0.2) is 0 Å². The molecule has 6 nitrogen and oxygen atoms in total. The SMILES string of the molecule is CCc1ccccc1NC(=O)c1ccc(NC(=O)/C=C\C(=O)O)cc1. The Morgan fingerprint density at radius 1 is 0.960 bits per heavy atom. The van der Waals surface area contributed by atoms with Crippen LogP contribution in [0.5, 0.6) is 0 Å². The molecule has 3 N–H and O–H groups in total. The largest absolute Gasteiger partial charge is 0.478 e. The first-order chi connectivity index (χ1) is 12.0. The van der Waals surface area contributed by atoms with E-state index in [4.69, 9.17) is 5.11 Å². The molecule has 0 fully saturated rings. The van der Waals surface area contributed by atoms with Crippen LogP contribution < -0.4 is 10.6 Å². The summed E-state index contributed by atoms with van der Waals surface area (Å²) in [6, 6.07) is 13.9. The first-order valence-corrected chi connectivity index (χ1v) is 7.71. The van der Waals surface area contributed by atoms with Gasteiger partial charge < -0.3 is 15.7 Å². The molecule has 2 aromatic carbocycles. The third kappa shape index (κ3) is 5.31. The van der Waals surface area contributed by atoms with Gasteiger partial charge in [-0.2, -0.15) is 0 Å². The molecule has 0 aliphatic heterocycles. The molecule has 2 rings (SSSR count). The van der Waals surface area contributed by atoms with Crippen molar-refractivity contribution in [3.63, 3.8) is 0 Å². The van der Waals surface area contributed by atoms with Gasteiger partial charge in [0.2, 0.25) is 5.91 Å². The molecule has 6 heteroatoms. The van der Waals surface area contributed by atoms with Crippen molar-refractivity contribution in [3.05, 3.63) is 71.8 Å². The standard InChI is InChI=1S/C19H18N2O4/c1-2-13-5-3-4-6-16(13)21-19(25)14-7-9-15(10-8-14)20-17(22)11-12-18(23)24/h3-12H,2H2,1H3,(H,20,22)(H,21,25)(H,23,24)/b12-11-. The van der Waals surface area contributed by atoms with Gasteiger partial charge in [0.25, 0.3) is 5.91 Å². The van der Waals surface area contributed by atoms with Gasteiger partial charge in [0.1, 0.15) is 0 Å². The molecule has 25 heavy (non-hydrogen) atoms. The molecule has 0 saturated heterocycles. The fraction of sp³-hybridized carbons (Fsp3) is 0.105. The number of anilines is 2. The molecule has 0 heterocycles. The van der Waals surface area contributed by atoms with E-state index in [-0.39, 0.29) is 5.91 Å². The highest BCUT2D eigenvalue weighted by Crippen LogP contribution is 2.17. The lowest BCUT2D eigenvalue weighted by atomic mass is 10.1. The predicted octanol–water partition coefficient (Wildman–Crippen LogP) is 3.08. The highest BCUT2D eigenvalue weighted by molar-refractivity contribution is 6.05. The van der Waals surface area contributed by atoms with Crippen LogP contribution in [0.15, 0.2) is 60.7 Å². The number of hydrogen-bond donors (Lipinski definition) is 3.